The normalized spacial score (nSPS) is 32.5. The molecule has 4 aliphatic carbocycles. The van der Waals surface area contributed by atoms with Gasteiger partial charge in [0.2, 0.25) is 0 Å². The van der Waals surface area contributed by atoms with Gasteiger partial charge in [0.25, 0.3) is 0 Å². The number of rotatable bonds is 7. The number of fused-ring (bicyclic) bond motifs is 1. The monoisotopic (exact) mass is 368 g/mol. The molecule has 1 aromatic carbocycles. The second kappa shape index (κ2) is 7.29. The molecule has 0 N–H and O–H groups in total. The largest absolute Gasteiger partial charge is 0.465 e. The number of hydrogen-bond acceptors (Lipinski definition) is 5. The van der Waals surface area contributed by atoms with Crippen LogP contribution in [0.3, 0.4) is 0 Å². The molecule has 5 nitrogen and oxygen atoms in total. The third-order valence-corrected chi connectivity index (χ3v) is 6.09. The molecule has 1 aromatic rings. The molecule has 0 saturated heterocycles. The van der Waals surface area contributed by atoms with Crippen LogP contribution < -0.4 is 0 Å². The highest BCUT2D eigenvalue weighted by Crippen LogP contribution is 2.63. The summed E-state index contributed by atoms with van der Waals surface area (Å²) in [5.41, 5.74) is 0.511. The number of carbonyl (C=O) groups excluding carboxylic acids is 3. The van der Waals surface area contributed by atoms with Gasteiger partial charge in [0.05, 0.1) is 18.4 Å². The molecule has 0 radical (unpaired) electrons. The molecule has 0 heterocycles. The molecular weight excluding hydrogens is 344 g/mol. The lowest BCUT2D eigenvalue weighted by atomic mass is 9.62. The molecule has 4 aliphatic rings. The lowest BCUT2D eigenvalue weighted by Crippen LogP contribution is -2.48. The van der Waals surface area contributed by atoms with Crippen LogP contribution in [0.4, 0.5) is 0 Å². The van der Waals surface area contributed by atoms with Crippen LogP contribution in [-0.2, 0) is 19.1 Å². The topological polar surface area (TPSA) is 69.7 Å². The second-order valence-corrected chi connectivity index (χ2v) is 7.72. The van der Waals surface area contributed by atoms with Crippen molar-refractivity contribution in [1.82, 2.24) is 0 Å². The highest BCUT2D eigenvalue weighted by molar-refractivity contribution is 5.98. The Morgan fingerprint density at radius 2 is 1.52 bits per heavy atom. The number of Topliss-reactive ketones (excluding diaryl/α,β-unsaturated/α-hetero) is 1. The highest BCUT2D eigenvalue weighted by Gasteiger charge is 2.63. The molecule has 0 aromatic heterocycles. The van der Waals surface area contributed by atoms with Gasteiger partial charge in [0.1, 0.15) is 0 Å². The van der Waals surface area contributed by atoms with Crippen molar-refractivity contribution in [3.63, 3.8) is 0 Å². The van der Waals surface area contributed by atoms with Crippen molar-refractivity contribution < 1.29 is 23.9 Å². The third-order valence-electron chi connectivity index (χ3n) is 6.09. The number of ketones is 1. The summed E-state index contributed by atoms with van der Waals surface area (Å²) in [6.45, 7) is 2.00. The maximum atomic E-state index is 12.9. The zero-order valence-corrected chi connectivity index (χ0v) is 15.4. The van der Waals surface area contributed by atoms with Crippen molar-refractivity contribution in [2.45, 2.75) is 19.8 Å². The van der Waals surface area contributed by atoms with Crippen molar-refractivity contribution in [2.24, 2.45) is 35.5 Å². The molecule has 5 rings (SSSR count). The van der Waals surface area contributed by atoms with E-state index < -0.39 is 17.8 Å². The van der Waals surface area contributed by atoms with E-state index in [-0.39, 0.29) is 30.2 Å². The fraction of sp³-hybridized carbons (Fsp3) is 0.500. The van der Waals surface area contributed by atoms with Crippen LogP contribution in [-0.4, -0.2) is 30.9 Å². The van der Waals surface area contributed by atoms with Crippen molar-refractivity contribution >= 4 is 17.7 Å². The van der Waals surface area contributed by atoms with Gasteiger partial charge in [0, 0.05) is 5.56 Å². The van der Waals surface area contributed by atoms with E-state index in [1.165, 1.54) is 0 Å². The maximum absolute atomic E-state index is 12.9. The van der Waals surface area contributed by atoms with E-state index in [1.54, 1.807) is 24.3 Å². The summed E-state index contributed by atoms with van der Waals surface area (Å²) in [5.74, 6) is -1.04. The molecule has 27 heavy (non-hydrogen) atoms. The van der Waals surface area contributed by atoms with Crippen LogP contribution in [0.1, 0.15) is 30.1 Å². The molecule has 0 unspecified atom stereocenters. The Morgan fingerprint density at radius 3 is 2.11 bits per heavy atom. The fourth-order valence-corrected chi connectivity index (χ4v) is 4.76. The van der Waals surface area contributed by atoms with Crippen LogP contribution >= 0.6 is 0 Å². The Hall–Kier alpha value is -2.43. The third kappa shape index (κ3) is 3.31. The Labute approximate surface area is 158 Å². The van der Waals surface area contributed by atoms with Gasteiger partial charge in [-0.2, -0.15) is 0 Å². The molecular formula is C22H24O5. The van der Waals surface area contributed by atoms with E-state index in [4.69, 9.17) is 9.47 Å². The van der Waals surface area contributed by atoms with Gasteiger partial charge in [-0.1, -0.05) is 49.4 Å². The van der Waals surface area contributed by atoms with Gasteiger partial charge in [-0.25, -0.2) is 0 Å². The highest BCUT2D eigenvalue weighted by atomic mass is 16.5. The number of esters is 2. The summed E-state index contributed by atoms with van der Waals surface area (Å²) in [6, 6.07) is 8.76. The van der Waals surface area contributed by atoms with Crippen LogP contribution in [0.5, 0.6) is 0 Å². The maximum Gasteiger partial charge on any atom is 0.310 e. The van der Waals surface area contributed by atoms with Gasteiger partial charge < -0.3 is 9.47 Å². The smallest absolute Gasteiger partial charge is 0.310 e. The second-order valence-electron chi connectivity index (χ2n) is 7.72. The summed E-state index contributed by atoms with van der Waals surface area (Å²) < 4.78 is 10.7. The SMILES string of the molecule is CCCOC(=O)[C@H]1[C@@H]2C=C[C@H]([C@H]3C[C@H]23)[C@@H]1C(=O)OCC(=O)c1ccccc1. The Bertz CT molecular complexity index is 768. The molecule has 2 bridgehead atoms. The first-order valence-electron chi connectivity index (χ1n) is 9.71. The number of hydrogen-bond donors (Lipinski definition) is 0. The number of ether oxygens (including phenoxy) is 2. The molecule has 0 spiro atoms. The molecule has 0 amide bonds. The molecule has 142 valence electrons. The van der Waals surface area contributed by atoms with E-state index in [1.807, 2.05) is 13.0 Å². The van der Waals surface area contributed by atoms with Gasteiger partial charge in [-0.15, -0.1) is 0 Å². The molecule has 2 fully saturated rings. The minimum atomic E-state index is -0.545. The van der Waals surface area contributed by atoms with Crippen molar-refractivity contribution in [1.29, 1.82) is 0 Å². The van der Waals surface area contributed by atoms with Crippen molar-refractivity contribution in [3.05, 3.63) is 48.0 Å². The summed E-state index contributed by atoms with van der Waals surface area (Å²) in [6.07, 6.45) is 5.94. The average molecular weight is 368 g/mol. The summed E-state index contributed by atoms with van der Waals surface area (Å²) in [4.78, 5) is 37.8. The van der Waals surface area contributed by atoms with Crippen LogP contribution in [0.25, 0.3) is 0 Å². The number of benzene rings is 1. The first kappa shape index (κ1) is 18.0. The van der Waals surface area contributed by atoms with E-state index >= 15 is 0 Å². The fourth-order valence-electron chi connectivity index (χ4n) is 4.76. The Kier molecular flexibility index (Phi) is 4.85. The van der Waals surface area contributed by atoms with Crippen LogP contribution in [0, 0.1) is 35.5 Å². The standard InChI is InChI=1S/C22H24O5/c1-2-10-26-21(24)19-14-8-9-15(17-11-16(14)17)20(19)22(25)27-12-18(23)13-6-4-3-5-7-13/h3-9,14-17,19-20H,2,10-12H2,1H3/t14-,15-,16-,17-,19+,20+/m1/s1. The van der Waals surface area contributed by atoms with Gasteiger partial charge >= 0.3 is 11.9 Å². The molecule has 6 atom stereocenters. The summed E-state index contributed by atoms with van der Waals surface area (Å²) >= 11 is 0. The zero-order chi connectivity index (χ0) is 19.0. The predicted octanol–water partition coefficient (Wildman–Crippen LogP) is 3.05. The lowest BCUT2D eigenvalue weighted by Gasteiger charge is -2.41. The lowest BCUT2D eigenvalue weighted by molar-refractivity contribution is -0.167. The zero-order valence-electron chi connectivity index (χ0n) is 15.4. The minimum absolute atomic E-state index is 0.0125. The first-order chi connectivity index (χ1) is 13.1. The van der Waals surface area contributed by atoms with E-state index in [0.29, 0.717) is 24.0 Å². The van der Waals surface area contributed by atoms with Gasteiger partial charge in [0.15, 0.2) is 12.4 Å². The van der Waals surface area contributed by atoms with Gasteiger partial charge in [-0.3, -0.25) is 14.4 Å². The average Bonchev–Trinajstić information content (AvgIpc) is 3.52. The predicted molar refractivity (Wildman–Crippen MR) is 97.7 cm³/mol. The summed E-state index contributed by atoms with van der Waals surface area (Å²) in [5, 5.41) is 0. The molecule has 5 heteroatoms. The first-order valence-corrected chi connectivity index (χ1v) is 9.71. The van der Waals surface area contributed by atoms with E-state index in [2.05, 4.69) is 12.2 Å². The van der Waals surface area contributed by atoms with E-state index in [0.717, 1.165) is 12.8 Å². The molecule has 2 saturated carbocycles. The number of carbonyl (C=O) groups is 3. The van der Waals surface area contributed by atoms with Crippen LogP contribution in [0.15, 0.2) is 42.5 Å². The Balaban J connectivity index is 1.46. The minimum Gasteiger partial charge on any atom is -0.465 e. The summed E-state index contributed by atoms with van der Waals surface area (Å²) in [7, 11) is 0. The Morgan fingerprint density at radius 1 is 0.926 bits per heavy atom. The van der Waals surface area contributed by atoms with E-state index in [9.17, 15) is 14.4 Å². The van der Waals surface area contributed by atoms with Crippen molar-refractivity contribution in [3.8, 4) is 0 Å². The van der Waals surface area contributed by atoms with Gasteiger partial charge in [-0.05, 0) is 36.5 Å². The number of allylic oxidation sites excluding steroid dienone is 2. The van der Waals surface area contributed by atoms with Crippen molar-refractivity contribution in [2.75, 3.05) is 13.2 Å². The quantitative estimate of drug-likeness (QED) is 0.420. The van der Waals surface area contributed by atoms with Crippen LogP contribution in [0.2, 0.25) is 0 Å². The molecule has 0 aliphatic heterocycles.